The average Bonchev–Trinajstić information content (AvgIpc) is 2.55. The smallest absolute Gasteiger partial charge is 0.123 e. The molecule has 1 aliphatic heterocycles. The number of benzene rings is 2. The van der Waals surface area contributed by atoms with E-state index in [1.807, 2.05) is 25.1 Å². The maximum absolute atomic E-state index is 5.92. The molecular formula is C19H22O3. The van der Waals surface area contributed by atoms with Crippen molar-refractivity contribution in [2.75, 3.05) is 20.3 Å². The molecule has 0 saturated heterocycles. The molecule has 0 aliphatic carbocycles. The normalized spacial score (nSPS) is 16.7. The molecular weight excluding hydrogens is 276 g/mol. The summed E-state index contributed by atoms with van der Waals surface area (Å²) in [5, 5.41) is 0. The lowest BCUT2D eigenvalue weighted by atomic mass is 9.92. The van der Waals surface area contributed by atoms with Crippen LogP contribution in [0.3, 0.4) is 0 Å². The standard InChI is InChI=1S/C19H22O3/c1-14-10-19-17(11-18(14)20-2)16(8-9-22-19)13-21-12-15-6-4-3-5-7-15/h3-7,10-11,16H,8-9,12-13H2,1-2H3. The van der Waals surface area contributed by atoms with Crippen LogP contribution in [0, 0.1) is 6.92 Å². The van der Waals surface area contributed by atoms with Gasteiger partial charge in [0.1, 0.15) is 11.5 Å². The van der Waals surface area contributed by atoms with E-state index in [1.54, 1.807) is 7.11 Å². The zero-order valence-corrected chi connectivity index (χ0v) is 13.2. The van der Waals surface area contributed by atoms with Gasteiger partial charge in [-0.1, -0.05) is 30.3 Å². The van der Waals surface area contributed by atoms with Crippen molar-refractivity contribution >= 4 is 0 Å². The number of fused-ring (bicyclic) bond motifs is 1. The molecule has 0 saturated carbocycles. The van der Waals surface area contributed by atoms with Gasteiger partial charge in [-0.3, -0.25) is 0 Å². The number of hydrogen-bond donors (Lipinski definition) is 0. The molecule has 3 heteroatoms. The predicted octanol–water partition coefficient (Wildman–Crippen LogP) is 4.09. The number of ether oxygens (including phenoxy) is 3. The fraction of sp³-hybridized carbons (Fsp3) is 0.368. The molecule has 0 radical (unpaired) electrons. The highest BCUT2D eigenvalue weighted by Crippen LogP contribution is 2.38. The molecule has 3 nitrogen and oxygen atoms in total. The predicted molar refractivity (Wildman–Crippen MR) is 86.7 cm³/mol. The summed E-state index contributed by atoms with van der Waals surface area (Å²) in [6, 6.07) is 14.4. The van der Waals surface area contributed by atoms with Gasteiger partial charge >= 0.3 is 0 Å². The van der Waals surface area contributed by atoms with Crippen LogP contribution in [0.4, 0.5) is 0 Å². The van der Waals surface area contributed by atoms with Gasteiger partial charge in [-0.05, 0) is 36.6 Å². The van der Waals surface area contributed by atoms with Crippen LogP contribution in [0.2, 0.25) is 0 Å². The lowest BCUT2D eigenvalue weighted by Crippen LogP contribution is -2.18. The van der Waals surface area contributed by atoms with Crippen molar-refractivity contribution in [3.8, 4) is 11.5 Å². The van der Waals surface area contributed by atoms with E-state index < -0.39 is 0 Å². The maximum atomic E-state index is 5.92. The van der Waals surface area contributed by atoms with E-state index in [2.05, 4.69) is 24.3 Å². The van der Waals surface area contributed by atoms with Gasteiger partial charge < -0.3 is 14.2 Å². The van der Waals surface area contributed by atoms with Crippen molar-refractivity contribution in [2.45, 2.75) is 25.9 Å². The topological polar surface area (TPSA) is 27.7 Å². The monoisotopic (exact) mass is 298 g/mol. The van der Waals surface area contributed by atoms with Crippen LogP contribution < -0.4 is 9.47 Å². The summed E-state index contributed by atoms with van der Waals surface area (Å²) in [7, 11) is 1.71. The van der Waals surface area contributed by atoms with Crippen molar-refractivity contribution in [1.29, 1.82) is 0 Å². The fourth-order valence-corrected chi connectivity index (χ4v) is 2.87. The Kier molecular flexibility index (Phi) is 4.64. The Labute approximate surface area is 131 Å². The van der Waals surface area contributed by atoms with Gasteiger partial charge in [-0.25, -0.2) is 0 Å². The van der Waals surface area contributed by atoms with Gasteiger partial charge in [-0.2, -0.15) is 0 Å². The minimum absolute atomic E-state index is 0.363. The van der Waals surface area contributed by atoms with Crippen LogP contribution in [-0.2, 0) is 11.3 Å². The third-order valence-electron chi connectivity index (χ3n) is 4.12. The summed E-state index contributed by atoms with van der Waals surface area (Å²) >= 11 is 0. The zero-order valence-electron chi connectivity index (χ0n) is 13.2. The van der Waals surface area contributed by atoms with E-state index in [0.29, 0.717) is 19.1 Å². The van der Waals surface area contributed by atoms with E-state index in [9.17, 15) is 0 Å². The number of hydrogen-bond acceptors (Lipinski definition) is 3. The van der Waals surface area contributed by atoms with E-state index in [-0.39, 0.29) is 0 Å². The fourth-order valence-electron chi connectivity index (χ4n) is 2.87. The Morgan fingerprint density at radius 2 is 2.00 bits per heavy atom. The molecule has 3 rings (SSSR count). The second kappa shape index (κ2) is 6.84. The van der Waals surface area contributed by atoms with E-state index in [1.165, 1.54) is 11.1 Å². The number of aryl methyl sites for hydroxylation is 1. The number of methoxy groups -OCH3 is 1. The molecule has 0 aromatic heterocycles. The first-order chi connectivity index (χ1) is 10.8. The Morgan fingerprint density at radius 3 is 2.77 bits per heavy atom. The molecule has 1 unspecified atom stereocenters. The largest absolute Gasteiger partial charge is 0.496 e. The first-order valence-corrected chi connectivity index (χ1v) is 7.71. The zero-order chi connectivity index (χ0) is 15.4. The summed E-state index contributed by atoms with van der Waals surface area (Å²) in [6.07, 6.45) is 0.980. The first kappa shape index (κ1) is 14.9. The summed E-state index contributed by atoms with van der Waals surface area (Å²) in [5.74, 6) is 2.25. The average molecular weight is 298 g/mol. The molecule has 1 aliphatic rings. The molecule has 0 amide bonds. The number of rotatable bonds is 5. The molecule has 22 heavy (non-hydrogen) atoms. The molecule has 2 aromatic rings. The van der Waals surface area contributed by atoms with Gasteiger partial charge in [0.25, 0.3) is 0 Å². The van der Waals surface area contributed by atoms with Crippen molar-refractivity contribution in [2.24, 2.45) is 0 Å². The lowest BCUT2D eigenvalue weighted by molar-refractivity contribution is 0.0939. The van der Waals surface area contributed by atoms with Crippen molar-refractivity contribution < 1.29 is 14.2 Å². The molecule has 0 fully saturated rings. The third-order valence-corrected chi connectivity index (χ3v) is 4.12. The van der Waals surface area contributed by atoms with E-state index in [0.717, 1.165) is 30.1 Å². The summed E-state index contributed by atoms with van der Waals surface area (Å²) in [6.45, 7) is 4.14. The molecule has 1 atom stereocenters. The Hall–Kier alpha value is -2.00. The SMILES string of the molecule is COc1cc2c(cc1C)OCCC2COCc1ccccc1. The molecule has 116 valence electrons. The van der Waals surface area contributed by atoms with E-state index >= 15 is 0 Å². The summed E-state index contributed by atoms with van der Waals surface area (Å²) < 4.78 is 17.1. The van der Waals surface area contributed by atoms with Crippen LogP contribution >= 0.6 is 0 Å². The lowest BCUT2D eigenvalue weighted by Gasteiger charge is -2.27. The summed E-state index contributed by atoms with van der Waals surface area (Å²) in [4.78, 5) is 0. The Bertz CT molecular complexity index is 622. The highest BCUT2D eigenvalue weighted by Gasteiger charge is 2.23. The molecule has 1 heterocycles. The van der Waals surface area contributed by atoms with Crippen molar-refractivity contribution in [1.82, 2.24) is 0 Å². The van der Waals surface area contributed by atoms with Crippen LogP contribution in [-0.4, -0.2) is 20.3 Å². The molecule has 2 aromatic carbocycles. The first-order valence-electron chi connectivity index (χ1n) is 7.71. The molecule has 0 N–H and O–H groups in total. The Morgan fingerprint density at radius 1 is 1.18 bits per heavy atom. The maximum Gasteiger partial charge on any atom is 0.123 e. The highest BCUT2D eigenvalue weighted by molar-refractivity contribution is 5.48. The van der Waals surface area contributed by atoms with E-state index in [4.69, 9.17) is 14.2 Å². The quantitative estimate of drug-likeness (QED) is 0.832. The van der Waals surface area contributed by atoms with Crippen LogP contribution in [0.5, 0.6) is 11.5 Å². The summed E-state index contributed by atoms with van der Waals surface area (Å²) in [5.41, 5.74) is 3.50. The van der Waals surface area contributed by atoms with Gasteiger partial charge in [-0.15, -0.1) is 0 Å². The van der Waals surface area contributed by atoms with Gasteiger partial charge in [0.05, 0.1) is 26.9 Å². The van der Waals surface area contributed by atoms with Gasteiger partial charge in [0.2, 0.25) is 0 Å². The van der Waals surface area contributed by atoms with Crippen molar-refractivity contribution in [3.05, 3.63) is 59.2 Å². The molecule has 0 bridgehead atoms. The molecule has 0 spiro atoms. The minimum Gasteiger partial charge on any atom is -0.496 e. The third kappa shape index (κ3) is 3.25. The Balaban J connectivity index is 1.69. The van der Waals surface area contributed by atoms with Crippen LogP contribution in [0.15, 0.2) is 42.5 Å². The highest BCUT2D eigenvalue weighted by atomic mass is 16.5. The van der Waals surface area contributed by atoms with Crippen LogP contribution in [0.25, 0.3) is 0 Å². The second-order valence-electron chi connectivity index (χ2n) is 5.69. The van der Waals surface area contributed by atoms with Crippen molar-refractivity contribution in [3.63, 3.8) is 0 Å². The minimum atomic E-state index is 0.363. The second-order valence-corrected chi connectivity index (χ2v) is 5.69. The van der Waals surface area contributed by atoms with Crippen LogP contribution in [0.1, 0.15) is 29.0 Å². The van der Waals surface area contributed by atoms with Gasteiger partial charge in [0, 0.05) is 11.5 Å². The van der Waals surface area contributed by atoms with Gasteiger partial charge in [0.15, 0.2) is 0 Å².